The Morgan fingerprint density at radius 3 is 2.92 bits per heavy atom. The predicted molar refractivity (Wildman–Crippen MR) is 102 cm³/mol. The first kappa shape index (κ1) is 16.4. The van der Waals surface area contributed by atoms with Crippen molar-refractivity contribution < 1.29 is 4.74 Å². The molecule has 4 rings (SSSR count). The van der Waals surface area contributed by atoms with Gasteiger partial charge in [0.05, 0.1) is 4.88 Å². The van der Waals surface area contributed by atoms with E-state index >= 15 is 0 Å². The Hall–Kier alpha value is -2.12. The van der Waals surface area contributed by atoms with Gasteiger partial charge < -0.3 is 10.1 Å². The predicted octanol–water partition coefficient (Wildman–Crippen LogP) is 4.91. The van der Waals surface area contributed by atoms with Crippen molar-refractivity contribution in [2.75, 3.05) is 11.1 Å². The molecule has 25 heavy (non-hydrogen) atoms. The molecular formula is C18H18N4OS2. The highest BCUT2D eigenvalue weighted by Crippen LogP contribution is 2.40. The monoisotopic (exact) mass is 370 g/mol. The quantitative estimate of drug-likeness (QED) is 0.658. The Morgan fingerprint density at radius 1 is 1.24 bits per heavy atom. The van der Waals surface area contributed by atoms with Gasteiger partial charge in [-0.1, -0.05) is 36.9 Å². The maximum atomic E-state index is 6.26. The number of nitrogens with zero attached hydrogens (tertiary/aromatic N) is 3. The highest BCUT2D eigenvalue weighted by atomic mass is 32.2. The lowest BCUT2D eigenvalue weighted by Gasteiger charge is -2.18. The number of para-hydroxylation sites is 1. The number of thiophene rings is 1. The minimum Gasteiger partial charge on any atom is -0.447 e. The first-order valence-corrected chi connectivity index (χ1v) is 10.1. The number of aromatic nitrogens is 3. The van der Waals surface area contributed by atoms with E-state index in [9.17, 15) is 0 Å². The van der Waals surface area contributed by atoms with Crippen LogP contribution in [0, 0.1) is 6.92 Å². The normalized spacial score (nSPS) is 15.5. The Balaban J connectivity index is 1.80. The summed E-state index contributed by atoms with van der Waals surface area (Å²) in [6.45, 7) is 4.23. The molecule has 0 bridgehead atoms. The zero-order chi connectivity index (χ0) is 17.2. The van der Waals surface area contributed by atoms with Gasteiger partial charge in [0.15, 0.2) is 5.69 Å². The van der Waals surface area contributed by atoms with E-state index in [2.05, 4.69) is 45.8 Å². The minimum atomic E-state index is -0.289. The summed E-state index contributed by atoms with van der Waals surface area (Å²) >= 11 is 3.28. The van der Waals surface area contributed by atoms with Crippen molar-refractivity contribution in [3.05, 3.63) is 46.2 Å². The van der Waals surface area contributed by atoms with Crippen molar-refractivity contribution >= 4 is 28.8 Å². The molecule has 1 N–H and O–H groups in total. The number of aryl methyl sites for hydroxylation is 1. The molecular weight excluding hydrogens is 352 g/mol. The maximum Gasteiger partial charge on any atom is 0.247 e. The Bertz CT molecular complexity index is 896. The summed E-state index contributed by atoms with van der Waals surface area (Å²) in [6.07, 6.45) is 0.774. The molecule has 0 radical (unpaired) electrons. The summed E-state index contributed by atoms with van der Waals surface area (Å²) in [4.78, 5) is 5.77. The van der Waals surface area contributed by atoms with Gasteiger partial charge in [0, 0.05) is 17.0 Å². The molecule has 7 heteroatoms. The molecule has 1 atom stereocenters. The standard InChI is InChI=1S/C18H18N4OS2/c1-3-9-25-18-20-16-14(21-22-18)12-6-4-5-7-13(12)19-17(23-16)15-11(2)8-10-24-15/h4-8,10,17,19H,3,9H2,1-2H3/t17-/m1/s1. The van der Waals surface area contributed by atoms with Crippen LogP contribution in [0.2, 0.25) is 0 Å². The highest BCUT2D eigenvalue weighted by Gasteiger charge is 2.27. The van der Waals surface area contributed by atoms with Gasteiger partial charge in [-0.15, -0.1) is 21.5 Å². The molecule has 0 saturated carbocycles. The van der Waals surface area contributed by atoms with Gasteiger partial charge in [0.25, 0.3) is 0 Å². The molecule has 0 unspecified atom stereocenters. The minimum absolute atomic E-state index is 0.289. The van der Waals surface area contributed by atoms with Gasteiger partial charge in [-0.2, -0.15) is 4.98 Å². The van der Waals surface area contributed by atoms with Crippen LogP contribution >= 0.6 is 23.1 Å². The zero-order valence-electron chi connectivity index (χ0n) is 14.0. The molecule has 1 aliphatic rings. The smallest absolute Gasteiger partial charge is 0.247 e. The van der Waals surface area contributed by atoms with Crippen LogP contribution in [0.25, 0.3) is 11.3 Å². The number of hydrogen-bond donors (Lipinski definition) is 1. The molecule has 0 amide bonds. The summed E-state index contributed by atoms with van der Waals surface area (Å²) in [6, 6.07) is 10.1. The van der Waals surface area contributed by atoms with E-state index in [0.717, 1.165) is 28.3 Å². The summed E-state index contributed by atoms with van der Waals surface area (Å²) in [5, 5.41) is 14.9. The van der Waals surface area contributed by atoms with Crippen molar-refractivity contribution in [3.8, 4) is 17.1 Å². The number of fused-ring (bicyclic) bond motifs is 3. The summed E-state index contributed by atoms with van der Waals surface area (Å²) in [5.74, 6) is 1.49. The molecule has 0 fully saturated rings. The van der Waals surface area contributed by atoms with E-state index in [0.29, 0.717) is 16.7 Å². The topological polar surface area (TPSA) is 59.9 Å². The second-order valence-electron chi connectivity index (χ2n) is 5.75. The number of anilines is 1. The molecule has 5 nitrogen and oxygen atoms in total. The van der Waals surface area contributed by atoms with E-state index in [-0.39, 0.29) is 6.23 Å². The van der Waals surface area contributed by atoms with Crippen molar-refractivity contribution in [2.45, 2.75) is 31.7 Å². The number of benzene rings is 1. The Kier molecular flexibility index (Phi) is 4.59. The lowest BCUT2D eigenvalue weighted by Crippen LogP contribution is -2.16. The molecule has 2 aromatic heterocycles. The number of nitrogens with one attached hydrogen (secondary N) is 1. The Labute approximate surface area is 154 Å². The maximum absolute atomic E-state index is 6.26. The van der Waals surface area contributed by atoms with Gasteiger partial charge in [0.2, 0.25) is 17.3 Å². The van der Waals surface area contributed by atoms with Crippen LogP contribution in [0.5, 0.6) is 5.88 Å². The van der Waals surface area contributed by atoms with Crippen LogP contribution < -0.4 is 10.1 Å². The fourth-order valence-electron chi connectivity index (χ4n) is 2.67. The van der Waals surface area contributed by atoms with Crippen LogP contribution in [0.4, 0.5) is 5.69 Å². The SMILES string of the molecule is CCCSc1nnc2c(n1)O[C@H](c1sccc1C)Nc1ccccc1-2. The van der Waals surface area contributed by atoms with Crippen LogP contribution in [0.15, 0.2) is 40.9 Å². The van der Waals surface area contributed by atoms with E-state index in [1.807, 2.05) is 24.3 Å². The van der Waals surface area contributed by atoms with Crippen molar-refractivity contribution in [1.82, 2.24) is 15.2 Å². The van der Waals surface area contributed by atoms with E-state index < -0.39 is 0 Å². The molecule has 3 heterocycles. The number of ether oxygens (including phenoxy) is 1. The molecule has 0 aliphatic carbocycles. The second kappa shape index (κ2) is 7.01. The third kappa shape index (κ3) is 3.21. The highest BCUT2D eigenvalue weighted by molar-refractivity contribution is 7.99. The van der Waals surface area contributed by atoms with Crippen molar-refractivity contribution in [2.24, 2.45) is 0 Å². The van der Waals surface area contributed by atoms with Crippen LogP contribution in [0.3, 0.4) is 0 Å². The molecule has 1 aliphatic heterocycles. The number of hydrogen-bond acceptors (Lipinski definition) is 7. The van der Waals surface area contributed by atoms with Gasteiger partial charge >= 0.3 is 0 Å². The average molecular weight is 371 g/mol. The first-order chi connectivity index (χ1) is 12.3. The third-order valence-electron chi connectivity index (χ3n) is 3.91. The van der Waals surface area contributed by atoms with Gasteiger partial charge in [-0.25, -0.2) is 0 Å². The number of thioether (sulfide) groups is 1. The summed E-state index contributed by atoms with van der Waals surface area (Å²) < 4.78 is 6.26. The molecule has 3 aromatic rings. The van der Waals surface area contributed by atoms with Crippen LogP contribution in [-0.2, 0) is 0 Å². The fraction of sp³-hybridized carbons (Fsp3) is 0.278. The molecule has 128 valence electrons. The van der Waals surface area contributed by atoms with E-state index in [4.69, 9.17) is 4.74 Å². The van der Waals surface area contributed by atoms with Crippen molar-refractivity contribution in [3.63, 3.8) is 0 Å². The van der Waals surface area contributed by atoms with Crippen molar-refractivity contribution in [1.29, 1.82) is 0 Å². The first-order valence-electron chi connectivity index (χ1n) is 8.20. The van der Waals surface area contributed by atoms with Gasteiger partial charge in [-0.3, -0.25) is 0 Å². The van der Waals surface area contributed by atoms with Crippen LogP contribution in [-0.4, -0.2) is 20.9 Å². The lowest BCUT2D eigenvalue weighted by molar-refractivity contribution is 0.228. The van der Waals surface area contributed by atoms with E-state index in [1.165, 1.54) is 5.56 Å². The second-order valence-corrected chi connectivity index (χ2v) is 7.76. The van der Waals surface area contributed by atoms with Crippen LogP contribution in [0.1, 0.15) is 30.0 Å². The zero-order valence-corrected chi connectivity index (χ0v) is 15.7. The van der Waals surface area contributed by atoms with E-state index in [1.54, 1.807) is 23.1 Å². The average Bonchev–Trinajstić information content (AvgIpc) is 2.98. The lowest BCUT2D eigenvalue weighted by atomic mass is 10.1. The third-order valence-corrected chi connectivity index (χ3v) is 6.01. The molecule has 1 aromatic carbocycles. The molecule has 0 spiro atoms. The number of rotatable bonds is 4. The van der Waals surface area contributed by atoms with Gasteiger partial charge in [-0.05, 0) is 36.4 Å². The van der Waals surface area contributed by atoms with Gasteiger partial charge in [0.1, 0.15) is 0 Å². The summed E-state index contributed by atoms with van der Waals surface area (Å²) in [5.41, 5.74) is 3.82. The largest absolute Gasteiger partial charge is 0.447 e. The molecule has 0 saturated heterocycles. The fourth-order valence-corrected chi connectivity index (χ4v) is 4.21. The summed E-state index contributed by atoms with van der Waals surface area (Å²) in [7, 11) is 0. The Morgan fingerprint density at radius 2 is 2.12 bits per heavy atom.